The van der Waals surface area contributed by atoms with Crippen LogP contribution in [-0.4, -0.2) is 37.2 Å². The summed E-state index contributed by atoms with van der Waals surface area (Å²) in [6.07, 6.45) is 53.2. The molecule has 0 aliphatic carbocycles. The predicted molar refractivity (Wildman–Crippen MR) is 233 cm³/mol. The molecule has 0 aromatic rings. The van der Waals surface area contributed by atoms with E-state index in [0.29, 0.717) is 19.3 Å². The Morgan fingerprint density at radius 2 is 0.709 bits per heavy atom. The average Bonchev–Trinajstić information content (AvgIpc) is 3.18. The molecule has 0 saturated carbocycles. The molecule has 0 spiro atoms. The highest BCUT2D eigenvalue weighted by Gasteiger charge is 2.19. The van der Waals surface area contributed by atoms with Crippen molar-refractivity contribution in [2.75, 3.05) is 13.2 Å². The molecule has 6 nitrogen and oxygen atoms in total. The van der Waals surface area contributed by atoms with E-state index in [4.69, 9.17) is 14.2 Å². The summed E-state index contributed by atoms with van der Waals surface area (Å²) in [6.45, 7) is 6.32. The van der Waals surface area contributed by atoms with Gasteiger partial charge in [-0.1, -0.05) is 171 Å². The molecule has 1 atom stereocenters. The molecular formula is C49H82O6. The monoisotopic (exact) mass is 767 g/mol. The van der Waals surface area contributed by atoms with Crippen LogP contribution < -0.4 is 0 Å². The van der Waals surface area contributed by atoms with Gasteiger partial charge >= 0.3 is 17.9 Å². The Bertz CT molecular complexity index is 1070. The van der Waals surface area contributed by atoms with E-state index in [0.717, 1.165) is 103 Å². The van der Waals surface area contributed by atoms with Gasteiger partial charge in [-0.2, -0.15) is 0 Å². The standard InChI is InChI=1S/C49H82O6/c1-4-7-10-13-16-19-21-23-24-25-26-28-30-33-36-39-42-48(51)54-45-46(44-53-47(50)41-38-35-32-29-18-15-12-9-6-3)55-49(52)43-40-37-34-31-27-22-20-17-14-11-8-5-2/h7,9-10,12,16,18-19,23-24,26,28-29,46H,4-6,8,11,13-15,17,20-22,25,27,30-45H2,1-3H3/b10-7-,12-9-,19-16-,24-23-,28-26-,29-18-. The minimum atomic E-state index is -0.796. The van der Waals surface area contributed by atoms with Gasteiger partial charge in [-0.3, -0.25) is 14.4 Å². The molecule has 0 aromatic carbocycles. The predicted octanol–water partition coefficient (Wildman–Crippen LogP) is 14.3. The number of hydrogen-bond acceptors (Lipinski definition) is 6. The van der Waals surface area contributed by atoms with Gasteiger partial charge in [0, 0.05) is 19.3 Å². The van der Waals surface area contributed by atoms with Crippen LogP contribution in [0.15, 0.2) is 72.9 Å². The lowest BCUT2D eigenvalue weighted by atomic mass is 10.0. The molecular weight excluding hydrogens is 685 g/mol. The van der Waals surface area contributed by atoms with Gasteiger partial charge in [-0.15, -0.1) is 0 Å². The van der Waals surface area contributed by atoms with Crippen LogP contribution in [0, 0.1) is 0 Å². The minimum Gasteiger partial charge on any atom is -0.462 e. The van der Waals surface area contributed by atoms with Crippen molar-refractivity contribution in [2.45, 2.75) is 207 Å². The first-order valence-corrected chi connectivity index (χ1v) is 22.4. The van der Waals surface area contributed by atoms with Crippen molar-refractivity contribution in [3.05, 3.63) is 72.9 Å². The Morgan fingerprint density at radius 1 is 0.382 bits per heavy atom. The molecule has 1 unspecified atom stereocenters. The average molecular weight is 767 g/mol. The summed E-state index contributed by atoms with van der Waals surface area (Å²) in [5.74, 6) is -0.972. The van der Waals surface area contributed by atoms with Crippen LogP contribution in [0.1, 0.15) is 201 Å². The van der Waals surface area contributed by atoms with Gasteiger partial charge in [0.25, 0.3) is 0 Å². The molecule has 55 heavy (non-hydrogen) atoms. The zero-order valence-corrected chi connectivity index (χ0v) is 35.7. The number of esters is 3. The normalized spacial score (nSPS) is 12.7. The second kappa shape index (κ2) is 43.6. The third-order valence-electron chi connectivity index (χ3n) is 9.21. The highest BCUT2D eigenvalue weighted by atomic mass is 16.6. The number of rotatable bonds is 39. The maximum Gasteiger partial charge on any atom is 0.306 e. The summed E-state index contributed by atoms with van der Waals surface area (Å²) < 4.78 is 16.6. The van der Waals surface area contributed by atoms with Gasteiger partial charge < -0.3 is 14.2 Å². The Morgan fingerprint density at radius 3 is 1.15 bits per heavy atom. The number of ether oxygens (including phenoxy) is 3. The second-order valence-corrected chi connectivity index (χ2v) is 14.5. The molecule has 6 heteroatoms. The highest BCUT2D eigenvalue weighted by Crippen LogP contribution is 2.14. The fraction of sp³-hybridized carbons (Fsp3) is 0.694. The highest BCUT2D eigenvalue weighted by molar-refractivity contribution is 5.71. The summed E-state index contributed by atoms with van der Waals surface area (Å²) in [5.41, 5.74) is 0. The number of carbonyl (C=O) groups excluding carboxylic acids is 3. The van der Waals surface area contributed by atoms with Crippen molar-refractivity contribution in [2.24, 2.45) is 0 Å². The lowest BCUT2D eigenvalue weighted by Gasteiger charge is -2.18. The Labute approximate surface area is 338 Å². The lowest BCUT2D eigenvalue weighted by Crippen LogP contribution is -2.30. The van der Waals surface area contributed by atoms with E-state index in [1.54, 1.807) is 0 Å². The topological polar surface area (TPSA) is 78.9 Å². The molecule has 0 bridgehead atoms. The van der Waals surface area contributed by atoms with E-state index in [-0.39, 0.29) is 31.1 Å². The Hall–Kier alpha value is -3.15. The third kappa shape index (κ3) is 41.8. The summed E-state index contributed by atoms with van der Waals surface area (Å²) >= 11 is 0. The van der Waals surface area contributed by atoms with Crippen molar-refractivity contribution in [3.63, 3.8) is 0 Å². The van der Waals surface area contributed by atoms with Gasteiger partial charge in [-0.25, -0.2) is 0 Å². The first-order valence-electron chi connectivity index (χ1n) is 22.4. The molecule has 0 saturated heterocycles. The SMILES string of the molecule is CC/C=C\C/C=C\C/C=C\C/C=C\CCCCCC(=O)OCC(COC(=O)CCCC/C=C\C/C=C\CC)OC(=O)CCCCCCCCCCCCCC. The maximum atomic E-state index is 12.7. The van der Waals surface area contributed by atoms with Gasteiger partial charge in [0.15, 0.2) is 6.10 Å². The molecule has 0 N–H and O–H groups in total. The van der Waals surface area contributed by atoms with Crippen LogP contribution in [0.5, 0.6) is 0 Å². The van der Waals surface area contributed by atoms with Crippen molar-refractivity contribution in [3.8, 4) is 0 Å². The zero-order valence-electron chi connectivity index (χ0n) is 35.7. The summed E-state index contributed by atoms with van der Waals surface area (Å²) in [7, 11) is 0. The quantitative estimate of drug-likeness (QED) is 0.0268. The molecule has 0 aliphatic heterocycles. The van der Waals surface area contributed by atoms with Crippen LogP contribution >= 0.6 is 0 Å². The van der Waals surface area contributed by atoms with Gasteiger partial charge in [-0.05, 0) is 83.5 Å². The first-order chi connectivity index (χ1) is 27.0. The molecule has 0 aliphatic rings. The zero-order chi connectivity index (χ0) is 40.1. The lowest BCUT2D eigenvalue weighted by molar-refractivity contribution is -0.167. The van der Waals surface area contributed by atoms with E-state index in [1.807, 2.05) is 0 Å². The number of hydrogen-bond donors (Lipinski definition) is 0. The van der Waals surface area contributed by atoms with E-state index in [1.165, 1.54) is 57.8 Å². The van der Waals surface area contributed by atoms with Crippen LogP contribution in [0.25, 0.3) is 0 Å². The summed E-state index contributed by atoms with van der Waals surface area (Å²) in [5, 5.41) is 0. The minimum absolute atomic E-state index is 0.102. The van der Waals surface area contributed by atoms with Gasteiger partial charge in [0.1, 0.15) is 13.2 Å². The number of unbranched alkanes of at least 4 members (excludes halogenated alkanes) is 16. The van der Waals surface area contributed by atoms with Crippen LogP contribution in [0.3, 0.4) is 0 Å². The maximum absolute atomic E-state index is 12.7. The van der Waals surface area contributed by atoms with E-state index in [2.05, 4.69) is 93.7 Å². The Kier molecular flexibility index (Phi) is 41.1. The largest absolute Gasteiger partial charge is 0.462 e. The van der Waals surface area contributed by atoms with Gasteiger partial charge in [0.05, 0.1) is 0 Å². The second-order valence-electron chi connectivity index (χ2n) is 14.5. The van der Waals surface area contributed by atoms with E-state index >= 15 is 0 Å². The molecule has 0 rings (SSSR count). The molecule has 0 amide bonds. The molecule has 0 aromatic heterocycles. The summed E-state index contributed by atoms with van der Waals surface area (Å²) in [6, 6.07) is 0. The van der Waals surface area contributed by atoms with Crippen molar-refractivity contribution < 1.29 is 28.6 Å². The van der Waals surface area contributed by atoms with Crippen molar-refractivity contribution >= 4 is 17.9 Å². The molecule has 0 heterocycles. The van der Waals surface area contributed by atoms with Crippen LogP contribution in [0.2, 0.25) is 0 Å². The Balaban J connectivity index is 4.44. The molecule has 0 fully saturated rings. The van der Waals surface area contributed by atoms with Crippen LogP contribution in [-0.2, 0) is 28.6 Å². The molecule has 0 radical (unpaired) electrons. The smallest absolute Gasteiger partial charge is 0.306 e. The fourth-order valence-corrected chi connectivity index (χ4v) is 5.88. The first kappa shape index (κ1) is 51.9. The van der Waals surface area contributed by atoms with E-state index in [9.17, 15) is 14.4 Å². The molecule has 314 valence electrons. The van der Waals surface area contributed by atoms with Crippen molar-refractivity contribution in [1.29, 1.82) is 0 Å². The van der Waals surface area contributed by atoms with E-state index < -0.39 is 6.10 Å². The van der Waals surface area contributed by atoms with Crippen LogP contribution in [0.4, 0.5) is 0 Å². The third-order valence-corrected chi connectivity index (χ3v) is 9.21. The fourth-order valence-electron chi connectivity index (χ4n) is 5.88. The number of carbonyl (C=O) groups is 3. The number of allylic oxidation sites excluding steroid dienone is 12. The van der Waals surface area contributed by atoms with Crippen molar-refractivity contribution in [1.82, 2.24) is 0 Å². The van der Waals surface area contributed by atoms with Gasteiger partial charge in [0.2, 0.25) is 0 Å². The summed E-state index contributed by atoms with van der Waals surface area (Å²) in [4.78, 5) is 37.6.